The van der Waals surface area contributed by atoms with Crippen molar-refractivity contribution < 1.29 is 9.45 Å². The highest BCUT2D eigenvalue weighted by molar-refractivity contribution is 7.47. The molecule has 0 bridgehead atoms. The van der Waals surface area contributed by atoms with E-state index >= 15 is 0 Å². The minimum absolute atomic E-state index is 0.0682. The molecule has 0 radical (unpaired) electrons. The average molecular weight is 366 g/mol. The van der Waals surface area contributed by atoms with Gasteiger partial charge in [0, 0.05) is 43.5 Å². The molecule has 6 nitrogen and oxygen atoms in total. The Bertz CT molecular complexity index is 486. The molecule has 22 heavy (non-hydrogen) atoms. The molecule has 1 aliphatic rings. The van der Waals surface area contributed by atoms with Crippen LogP contribution in [0.15, 0.2) is 24.3 Å². The topological polar surface area (TPSA) is 67.6 Å². The first kappa shape index (κ1) is 17.9. The van der Waals surface area contributed by atoms with Gasteiger partial charge in [0.15, 0.2) is 8.45 Å². The third-order valence-corrected chi connectivity index (χ3v) is 5.50. The van der Waals surface area contributed by atoms with Crippen molar-refractivity contribution in [1.82, 2.24) is 9.76 Å². The van der Waals surface area contributed by atoms with Crippen LogP contribution in [-0.4, -0.2) is 41.0 Å². The predicted octanol–water partition coefficient (Wildman–Crippen LogP) is 3.65. The van der Waals surface area contributed by atoms with Crippen molar-refractivity contribution in [2.75, 3.05) is 31.4 Å². The Kier molecular flexibility index (Phi) is 7.28. The molecule has 1 fully saturated rings. The number of nitro groups is 1. The molecule has 0 aromatic heterocycles. The number of nitro benzene ring substituents is 1. The number of hydrogen-bond donors (Lipinski definition) is 1. The quantitative estimate of drug-likeness (QED) is 0.345. The first-order valence-corrected chi connectivity index (χ1v) is 9.25. The zero-order valence-electron chi connectivity index (χ0n) is 12.0. The van der Waals surface area contributed by atoms with Gasteiger partial charge in [-0.3, -0.25) is 15.2 Å². The monoisotopic (exact) mass is 365 g/mol. The molecule has 2 atom stereocenters. The van der Waals surface area contributed by atoms with Crippen LogP contribution in [0.4, 0.5) is 5.69 Å². The van der Waals surface area contributed by atoms with E-state index in [1.807, 2.05) is 0 Å². The SMILES string of the molecule is O=[N+]([O-])c1ccc(C2CCNP(N(CCCl)CCCl)O2)cc1. The molecule has 9 heteroatoms. The van der Waals surface area contributed by atoms with Gasteiger partial charge in [0.2, 0.25) is 0 Å². The summed E-state index contributed by atoms with van der Waals surface area (Å²) in [6, 6.07) is 6.54. The zero-order chi connectivity index (χ0) is 15.9. The fraction of sp³-hybridized carbons (Fsp3) is 0.538. The lowest BCUT2D eigenvalue weighted by molar-refractivity contribution is -0.384. The van der Waals surface area contributed by atoms with Crippen LogP contribution >= 0.6 is 31.7 Å². The van der Waals surface area contributed by atoms with Crippen molar-refractivity contribution in [3.8, 4) is 0 Å². The van der Waals surface area contributed by atoms with Crippen LogP contribution in [0.5, 0.6) is 0 Å². The molecular formula is C13H18Cl2N3O3P. The average Bonchev–Trinajstić information content (AvgIpc) is 2.55. The van der Waals surface area contributed by atoms with Crippen molar-refractivity contribution in [2.24, 2.45) is 0 Å². The van der Waals surface area contributed by atoms with Gasteiger partial charge in [0.25, 0.3) is 5.69 Å². The molecule has 1 saturated heterocycles. The first-order chi connectivity index (χ1) is 10.7. The zero-order valence-corrected chi connectivity index (χ0v) is 14.4. The fourth-order valence-corrected chi connectivity index (χ4v) is 4.60. The van der Waals surface area contributed by atoms with E-state index < -0.39 is 13.4 Å². The second-order valence-corrected chi connectivity index (χ2v) is 7.14. The molecule has 2 unspecified atom stereocenters. The van der Waals surface area contributed by atoms with Gasteiger partial charge in [-0.1, -0.05) is 0 Å². The molecule has 1 aromatic rings. The van der Waals surface area contributed by atoms with Gasteiger partial charge in [-0.15, -0.1) is 23.2 Å². The number of alkyl halides is 2. The summed E-state index contributed by atoms with van der Waals surface area (Å²) in [6.07, 6.45) is 0.757. The van der Waals surface area contributed by atoms with Crippen LogP contribution in [0.25, 0.3) is 0 Å². The van der Waals surface area contributed by atoms with Crippen molar-refractivity contribution in [2.45, 2.75) is 12.5 Å². The van der Waals surface area contributed by atoms with Gasteiger partial charge < -0.3 is 4.52 Å². The number of benzene rings is 1. The highest BCUT2D eigenvalue weighted by atomic mass is 35.5. The number of nitrogens with one attached hydrogen (secondary N) is 1. The Morgan fingerprint density at radius 3 is 2.50 bits per heavy atom. The van der Waals surface area contributed by atoms with Crippen LogP contribution in [-0.2, 0) is 4.52 Å². The lowest BCUT2D eigenvalue weighted by Gasteiger charge is -2.36. The van der Waals surface area contributed by atoms with E-state index in [4.69, 9.17) is 27.7 Å². The van der Waals surface area contributed by atoms with Crippen molar-refractivity contribution in [1.29, 1.82) is 0 Å². The second-order valence-electron chi connectivity index (χ2n) is 4.74. The second kappa shape index (κ2) is 8.96. The Morgan fingerprint density at radius 2 is 1.95 bits per heavy atom. The van der Waals surface area contributed by atoms with Crippen LogP contribution in [0.2, 0.25) is 0 Å². The predicted molar refractivity (Wildman–Crippen MR) is 89.5 cm³/mol. The third kappa shape index (κ3) is 4.75. The highest BCUT2D eigenvalue weighted by Gasteiger charge is 2.28. The summed E-state index contributed by atoms with van der Waals surface area (Å²) in [4.78, 5) is 10.3. The number of nitrogens with zero attached hydrogens (tertiary/aromatic N) is 2. The van der Waals surface area contributed by atoms with E-state index in [9.17, 15) is 10.1 Å². The van der Waals surface area contributed by atoms with Crippen molar-refractivity contribution in [3.63, 3.8) is 0 Å². The normalized spacial score (nSPS) is 22.0. The summed E-state index contributed by atoms with van der Waals surface area (Å²) in [5.74, 6) is 1.03. The summed E-state index contributed by atoms with van der Waals surface area (Å²) in [5.41, 5.74) is 1.04. The standard InChI is InChI=1S/C13H18Cl2N3O3P/c14-6-9-17(10-7-15)22-16-8-5-13(21-22)11-1-3-12(4-2-11)18(19)20/h1-4,13,16H,5-10H2. The number of non-ortho nitro benzene ring substituents is 1. The van der Waals surface area contributed by atoms with Crippen molar-refractivity contribution >= 4 is 37.3 Å². The van der Waals surface area contributed by atoms with E-state index in [0.29, 0.717) is 24.8 Å². The third-order valence-electron chi connectivity index (χ3n) is 3.30. The van der Waals surface area contributed by atoms with Crippen LogP contribution in [0, 0.1) is 10.1 Å². The molecule has 0 aliphatic carbocycles. The highest BCUT2D eigenvalue weighted by Crippen LogP contribution is 2.46. The molecule has 122 valence electrons. The first-order valence-electron chi connectivity index (χ1n) is 6.97. The van der Waals surface area contributed by atoms with Gasteiger partial charge in [-0.25, -0.2) is 4.67 Å². The molecule has 0 amide bonds. The van der Waals surface area contributed by atoms with Gasteiger partial charge in [-0.2, -0.15) is 0 Å². The van der Waals surface area contributed by atoms with Crippen LogP contribution in [0.3, 0.4) is 0 Å². The summed E-state index contributed by atoms with van der Waals surface area (Å²) < 4.78 is 8.25. The minimum atomic E-state index is -0.949. The van der Waals surface area contributed by atoms with E-state index in [-0.39, 0.29) is 11.8 Å². The summed E-state index contributed by atoms with van der Waals surface area (Å²) in [5, 5.41) is 14.1. The van der Waals surface area contributed by atoms with E-state index in [1.54, 1.807) is 12.1 Å². The molecular weight excluding hydrogens is 348 g/mol. The van der Waals surface area contributed by atoms with Gasteiger partial charge in [-0.05, 0) is 24.1 Å². The molecule has 2 rings (SSSR count). The number of halogens is 2. The van der Waals surface area contributed by atoms with E-state index in [0.717, 1.165) is 18.5 Å². The van der Waals surface area contributed by atoms with E-state index in [1.165, 1.54) is 12.1 Å². The minimum Gasteiger partial charge on any atom is -0.323 e. The maximum Gasteiger partial charge on any atom is 0.269 e. The number of hydrogen-bond acceptors (Lipinski definition) is 5. The molecule has 0 spiro atoms. The largest absolute Gasteiger partial charge is 0.323 e. The van der Waals surface area contributed by atoms with Crippen LogP contribution in [0.1, 0.15) is 18.1 Å². The lowest BCUT2D eigenvalue weighted by Crippen LogP contribution is -2.34. The summed E-state index contributed by atoms with van der Waals surface area (Å²) in [7, 11) is -0.949. The molecule has 1 aliphatic heterocycles. The van der Waals surface area contributed by atoms with Gasteiger partial charge in [0.1, 0.15) is 0 Å². The summed E-state index contributed by atoms with van der Waals surface area (Å²) >= 11 is 11.7. The van der Waals surface area contributed by atoms with Crippen LogP contribution < -0.4 is 5.09 Å². The Balaban J connectivity index is 2.04. The molecule has 1 heterocycles. The molecule has 1 aromatic carbocycles. The van der Waals surface area contributed by atoms with Gasteiger partial charge in [0.05, 0.1) is 11.0 Å². The fourth-order valence-electron chi connectivity index (χ4n) is 2.20. The van der Waals surface area contributed by atoms with Crippen molar-refractivity contribution in [3.05, 3.63) is 39.9 Å². The smallest absolute Gasteiger partial charge is 0.269 e. The summed E-state index contributed by atoms with van der Waals surface area (Å²) in [6.45, 7) is 2.24. The number of rotatable bonds is 7. The molecule has 1 N–H and O–H groups in total. The maximum atomic E-state index is 10.7. The lowest BCUT2D eigenvalue weighted by atomic mass is 10.1. The Morgan fingerprint density at radius 1 is 1.32 bits per heavy atom. The maximum absolute atomic E-state index is 10.7. The Hall–Kier alpha value is -0.490. The van der Waals surface area contributed by atoms with Gasteiger partial charge >= 0.3 is 0 Å². The molecule has 0 saturated carbocycles. The Labute approximate surface area is 140 Å². The van der Waals surface area contributed by atoms with E-state index in [2.05, 4.69) is 9.76 Å².